The highest BCUT2D eigenvalue weighted by Gasteiger charge is 2.14. The van der Waals surface area contributed by atoms with E-state index < -0.39 is 0 Å². The molecule has 0 fully saturated rings. The molecule has 3 aromatic rings. The van der Waals surface area contributed by atoms with Crippen LogP contribution >= 0.6 is 22.9 Å². The van der Waals surface area contributed by atoms with Crippen molar-refractivity contribution in [2.75, 3.05) is 6.61 Å². The maximum Gasteiger partial charge on any atom is 0.311 e. The number of benzene rings is 2. The van der Waals surface area contributed by atoms with E-state index in [1.165, 1.54) is 11.3 Å². The summed E-state index contributed by atoms with van der Waals surface area (Å²) in [4.78, 5) is 16.2. The highest BCUT2D eigenvalue weighted by atomic mass is 35.5. The molecule has 0 unspecified atom stereocenters. The molecule has 134 valence electrons. The second kappa shape index (κ2) is 8.83. The largest absolute Gasteiger partial charge is 0.488 e. The first-order valence-corrected chi connectivity index (χ1v) is 9.48. The molecule has 6 heteroatoms. The summed E-state index contributed by atoms with van der Waals surface area (Å²) in [6, 6.07) is 15.4. The normalized spacial score (nSPS) is 10.5. The Balaban J connectivity index is 1.79. The van der Waals surface area contributed by atoms with Crippen LogP contribution < -0.4 is 4.74 Å². The molecule has 0 aliphatic heterocycles. The molecular weight excluding hydrogens is 370 g/mol. The van der Waals surface area contributed by atoms with Crippen LogP contribution in [0.5, 0.6) is 5.75 Å². The number of nitrogens with zero attached hydrogens (tertiary/aromatic N) is 1. The molecule has 2 aromatic carbocycles. The number of hydrogen-bond donors (Lipinski definition) is 0. The minimum atomic E-state index is -0.281. The second-order valence-corrected chi connectivity index (χ2v) is 6.84. The Kier molecular flexibility index (Phi) is 6.26. The van der Waals surface area contributed by atoms with Gasteiger partial charge < -0.3 is 9.47 Å². The molecular formula is C20H18ClNO3S. The Labute approximate surface area is 161 Å². The van der Waals surface area contributed by atoms with Gasteiger partial charge in [-0.2, -0.15) is 0 Å². The first-order valence-electron chi connectivity index (χ1n) is 8.22. The summed E-state index contributed by atoms with van der Waals surface area (Å²) >= 11 is 7.61. The van der Waals surface area contributed by atoms with E-state index in [0.29, 0.717) is 29.7 Å². The topological polar surface area (TPSA) is 48.4 Å². The van der Waals surface area contributed by atoms with Crippen LogP contribution in [0.1, 0.15) is 18.2 Å². The van der Waals surface area contributed by atoms with E-state index in [1.54, 1.807) is 13.0 Å². The number of rotatable bonds is 7. The lowest BCUT2D eigenvalue weighted by molar-refractivity contribution is -0.142. The van der Waals surface area contributed by atoms with Gasteiger partial charge in [0.15, 0.2) is 0 Å². The fourth-order valence-electron chi connectivity index (χ4n) is 2.40. The fourth-order valence-corrected chi connectivity index (χ4v) is 3.41. The third-order valence-electron chi connectivity index (χ3n) is 3.59. The molecule has 0 saturated carbocycles. The molecule has 0 bridgehead atoms. The number of aromatic nitrogens is 1. The number of esters is 1. The van der Waals surface area contributed by atoms with E-state index in [0.717, 1.165) is 16.1 Å². The van der Waals surface area contributed by atoms with Crippen molar-refractivity contribution in [3.63, 3.8) is 0 Å². The maximum atomic E-state index is 11.6. The summed E-state index contributed by atoms with van der Waals surface area (Å²) in [6.45, 7) is 2.60. The van der Waals surface area contributed by atoms with Gasteiger partial charge >= 0.3 is 5.97 Å². The number of halogens is 1. The van der Waals surface area contributed by atoms with Crippen molar-refractivity contribution in [2.24, 2.45) is 0 Å². The van der Waals surface area contributed by atoms with Gasteiger partial charge in [0.2, 0.25) is 0 Å². The third kappa shape index (κ3) is 4.84. The Morgan fingerprint density at radius 2 is 2.00 bits per heavy atom. The Bertz CT molecular complexity index is 880. The first kappa shape index (κ1) is 18.4. The second-order valence-electron chi connectivity index (χ2n) is 5.54. The van der Waals surface area contributed by atoms with Crippen molar-refractivity contribution < 1.29 is 14.3 Å². The number of carbonyl (C=O) groups excluding carboxylic acids is 1. The molecule has 26 heavy (non-hydrogen) atoms. The van der Waals surface area contributed by atoms with Gasteiger partial charge in [0.25, 0.3) is 0 Å². The van der Waals surface area contributed by atoms with Crippen LogP contribution in [0.3, 0.4) is 0 Å². The predicted molar refractivity (Wildman–Crippen MR) is 104 cm³/mol. The first-order chi connectivity index (χ1) is 12.7. The van der Waals surface area contributed by atoms with E-state index in [1.807, 2.05) is 47.8 Å². The lowest BCUT2D eigenvalue weighted by Crippen LogP contribution is -2.07. The summed E-state index contributed by atoms with van der Waals surface area (Å²) in [5.74, 6) is 0.422. The third-order valence-corrected chi connectivity index (χ3v) is 4.75. The summed E-state index contributed by atoms with van der Waals surface area (Å²) in [5, 5.41) is 3.22. The number of carbonyl (C=O) groups is 1. The van der Waals surface area contributed by atoms with E-state index in [2.05, 4.69) is 4.98 Å². The Hall–Kier alpha value is -2.37. The van der Waals surface area contributed by atoms with Crippen LogP contribution in [0.4, 0.5) is 0 Å². The van der Waals surface area contributed by atoms with Crippen LogP contribution in [0.2, 0.25) is 5.02 Å². The molecule has 0 radical (unpaired) electrons. The van der Waals surface area contributed by atoms with Gasteiger partial charge in [0.05, 0.1) is 24.3 Å². The molecule has 0 aliphatic carbocycles. The van der Waals surface area contributed by atoms with Crippen LogP contribution in [-0.2, 0) is 22.6 Å². The molecule has 0 aliphatic rings. The van der Waals surface area contributed by atoms with Crippen LogP contribution in [-0.4, -0.2) is 17.6 Å². The highest BCUT2D eigenvalue weighted by Crippen LogP contribution is 2.35. The van der Waals surface area contributed by atoms with Crippen molar-refractivity contribution in [3.05, 3.63) is 70.2 Å². The molecule has 1 aromatic heterocycles. The van der Waals surface area contributed by atoms with Gasteiger partial charge in [-0.3, -0.25) is 4.79 Å². The van der Waals surface area contributed by atoms with Gasteiger partial charge in [-0.25, -0.2) is 4.98 Å². The van der Waals surface area contributed by atoms with Crippen molar-refractivity contribution in [2.45, 2.75) is 20.0 Å². The summed E-state index contributed by atoms with van der Waals surface area (Å²) in [6.07, 6.45) is 0.158. The Morgan fingerprint density at radius 1 is 1.19 bits per heavy atom. The van der Waals surface area contributed by atoms with Crippen LogP contribution in [0.15, 0.2) is 53.9 Å². The smallest absolute Gasteiger partial charge is 0.311 e. The van der Waals surface area contributed by atoms with Gasteiger partial charge in [0.1, 0.15) is 17.4 Å². The fraction of sp³-hybridized carbons (Fsp3) is 0.200. The van der Waals surface area contributed by atoms with E-state index >= 15 is 0 Å². The minimum absolute atomic E-state index is 0.158. The van der Waals surface area contributed by atoms with Crippen LogP contribution in [0.25, 0.3) is 10.6 Å². The van der Waals surface area contributed by atoms with Crippen molar-refractivity contribution >= 4 is 28.9 Å². The quantitative estimate of drug-likeness (QED) is 0.526. The lowest BCUT2D eigenvalue weighted by Gasteiger charge is -2.10. The molecule has 1 heterocycles. The van der Waals surface area contributed by atoms with Gasteiger partial charge in [-0.05, 0) is 30.7 Å². The molecule has 0 atom stereocenters. The standard InChI is InChI=1S/C20H18ClNO3S/c1-2-24-19(23)11-16-13-26-20(22-16)17-10-15(21)8-9-18(17)25-12-14-6-4-3-5-7-14/h3-10,13H,2,11-12H2,1H3. The maximum absolute atomic E-state index is 11.6. The monoisotopic (exact) mass is 387 g/mol. The highest BCUT2D eigenvalue weighted by molar-refractivity contribution is 7.13. The predicted octanol–water partition coefficient (Wildman–Crippen LogP) is 5.15. The molecule has 3 rings (SSSR count). The van der Waals surface area contributed by atoms with Crippen molar-refractivity contribution in [3.8, 4) is 16.3 Å². The molecule has 0 amide bonds. The lowest BCUT2D eigenvalue weighted by atomic mass is 10.2. The zero-order chi connectivity index (χ0) is 18.4. The molecule has 0 saturated heterocycles. The Morgan fingerprint density at radius 3 is 2.77 bits per heavy atom. The molecule has 4 nitrogen and oxygen atoms in total. The number of thiazole rings is 1. The van der Waals surface area contributed by atoms with Crippen molar-refractivity contribution in [1.82, 2.24) is 4.98 Å². The summed E-state index contributed by atoms with van der Waals surface area (Å²) < 4.78 is 10.9. The van der Waals surface area contributed by atoms with Gasteiger partial charge in [-0.1, -0.05) is 41.9 Å². The molecule has 0 N–H and O–H groups in total. The van der Waals surface area contributed by atoms with E-state index in [9.17, 15) is 4.79 Å². The summed E-state index contributed by atoms with van der Waals surface area (Å²) in [7, 11) is 0. The average Bonchev–Trinajstić information content (AvgIpc) is 3.10. The van der Waals surface area contributed by atoms with E-state index in [4.69, 9.17) is 21.1 Å². The SMILES string of the molecule is CCOC(=O)Cc1csc(-c2cc(Cl)ccc2OCc2ccccc2)n1. The zero-order valence-corrected chi connectivity index (χ0v) is 15.8. The number of ether oxygens (including phenoxy) is 2. The van der Waals surface area contributed by atoms with E-state index in [-0.39, 0.29) is 12.4 Å². The zero-order valence-electron chi connectivity index (χ0n) is 14.3. The van der Waals surface area contributed by atoms with Gasteiger partial charge in [0, 0.05) is 10.4 Å². The van der Waals surface area contributed by atoms with Gasteiger partial charge in [-0.15, -0.1) is 11.3 Å². The average molecular weight is 388 g/mol. The van der Waals surface area contributed by atoms with Crippen molar-refractivity contribution in [1.29, 1.82) is 0 Å². The van der Waals surface area contributed by atoms with Crippen LogP contribution in [0, 0.1) is 0 Å². The minimum Gasteiger partial charge on any atom is -0.488 e. The summed E-state index contributed by atoms with van der Waals surface area (Å²) in [5.41, 5.74) is 2.57. The number of hydrogen-bond acceptors (Lipinski definition) is 5. The molecule has 0 spiro atoms.